The van der Waals surface area contributed by atoms with Crippen LogP contribution >= 0.6 is 0 Å². The molecular formula is C20H28N2O2. The average Bonchev–Trinajstić information content (AvgIpc) is 2.55. The van der Waals surface area contributed by atoms with Crippen LogP contribution in [0, 0.1) is 28.6 Å². The molecular weight excluding hydrogens is 300 g/mol. The first-order valence-electron chi connectivity index (χ1n) is 8.75. The number of esters is 1. The van der Waals surface area contributed by atoms with Gasteiger partial charge in [0, 0.05) is 18.0 Å². The second-order valence-corrected chi connectivity index (χ2v) is 7.10. The van der Waals surface area contributed by atoms with Crippen molar-refractivity contribution in [2.24, 2.45) is 17.3 Å². The highest BCUT2D eigenvalue weighted by molar-refractivity contribution is 5.76. The van der Waals surface area contributed by atoms with Gasteiger partial charge < -0.3 is 9.64 Å². The number of likely N-dealkylation sites (tertiary alicyclic amines) is 1. The summed E-state index contributed by atoms with van der Waals surface area (Å²) in [6.07, 6.45) is 1.54. The zero-order valence-electron chi connectivity index (χ0n) is 15.2. The number of nitrogens with zero attached hydrogens (tertiary/aromatic N) is 2. The van der Waals surface area contributed by atoms with Crippen LogP contribution in [0.25, 0.3) is 0 Å². The Labute approximate surface area is 145 Å². The van der Waals surface area contributed by atoms with Crippen molar-refractivity contribution >= 4 is 5.97 Å². The molecule has 4 heteroatoms. The van der Waals surface area contributed by atoms with E-state index in [1.54, 1.807) is 6.92 Å². The molecule has 0 amide bonds. The summed E-state index contributed by atoms with van der Waals surface area (Å²) >= 11 is 0. The maximum Gasteiger partial charge on any atom is 0.323 e. The number of hydrogen-bond donors (Lipinski definition) is 0. The number of carbonyl (C=O) groups is 1. The molecule has 0 aliphatic carbocycles. The molecule has 24 heavy (non-hydrogen) atoms. The number of hydrogen-bond acceptors (Lipinski definition) is 4. The SMILES string of the molecule is CCOC(=O)[C@H](C#N)[C@]1(Cc2ccccc2)C[C@H](C)N(C)C[C@@H]1C. The Morgan fingerprint density at radius 2 is 2.08 bits per heavy atom. The quantitative estimate of drug-likeness (QED) is 0.778. The molecule has 0 bridgehead atoms. The second kappa shape index (κ2) is 7.81. The summed E-state index contributed by atoms with van der Waals surface area (Å²) in [5.74, 6) is -0.878. The number of carbonyl (C=O) groups excluding carboxylic acids is 1. The number of ether oxygens (including phenoxy) is 1. The summed E-state index contributed by atoms with van der Waals surface area (Å²) in [4.78, 5) is 14.9. The highest BCUT2D eigenvalue weighted by Crippen LogP contribution is 2.47. The predicted molar refractivity (Wildman–Crippen MR) is 94.2 cm³/mol. The van der Waals surface area contributed by atoms with E-state index in [0.717, 1.165) is 19.4 Å². The van der Waals surface area contributed by atoms with E-state index in [2.05, 4.69) is 44.0 Å². The van der Waals surface area contributed by atoms with Crippen molar-refractivity contribution in [1.29, 1.82) is 5.26 Å². The Hall–Kier alpha value is -1.86. The molecule has 0 unspecified atom stereocenters. The highest BCUT2D eigenvalue weighted by Gasteiger charge is 2.51. The molecule has 1 aromatic carbocycles. The summed E-state index contributed by atoms with van der Waals surface area (Å²) in [6.45, 7) is 7.31. The molecule has 4 atom stereocenters. The van der Waals surface area contributed by atoms with E-state index in [1.165, 1.54) is 5.56 Å². The van der Waals surface area contributed by atoms with E-state index in [0.29, 0.717) is 12.6 Å². The normalized spacial score (nSPS) is 28.8. The molecule has 2 rings (SSSR count). The Balaban J connectivity index is 2.44. The first kappa shape index (κ1) is 18.5. The fourth-order valence-corrected chi connectivity index (χ4v) is 4.07. The lowest BCUT2D eigenvalue weighted by Gasteiger charge is -2.50. The monoisotopic (exact) mass is 328 g/mol. The summed E-state index contributed by atoms with van der Waals surface area (Å²) in [6, 6.07) is 12.8. The third-order valence-electron chi connectivity index (χ3n) is 5.57. The van der Waals surface area contributed by atoms with Gasteiger partial charge in [0.05, 0.1) is 12.7 Å². The van der Waals surface area contributed by atoms with Crippen LogP contribution in [0.5, 0.6) is 0 Å². The molecule has 1 aliphatic rings. The van der Waals surface area contributed by atoms with Gasteiger partial charge in [0.25, 0.3) is 0 Å². The van der Waals surface area contributed by atoms with Gasteiger partial charge in [-0.05, 0) is 45.2 Å². The summed E-state index contributed by atoms with van der Waals surface area (Å²) in [7, 11) is 2.11. The molecule has 1 aliphatic heterocycles. The number of rotatable bonds is 5. The van der Waals surface area contributed by atoms with Gasteiger partial charge in [-0.2, -0.15) is 5.26 Å². The first-order valence-corrected chi connectivity index (χ1v) is 8.75. The fraction of sp³-hybridized carbons (Fsp3) is 0.600. The lowest BCUT2D eigenvalue weighted by molar-refractivity contribution is -0.154. The highest BCUT2D eigenvalue weighted by atomic mass is 16.5. The van der Waals surface area contributed by atoms with Gasteiger partial charge >= 0.3 is 5.97 Å². The topological polar surface area (TPSA) is 53.3 Å². The van der Waals surface area contributed by atoms with E-state index in [4.69, 9.17) is 4.74 Å². The van der Waals surface area contributed by atoms with Crippen molar-refractivity contribution in [2.45, 2.75) is 39.7 Å². The molecule has 1 heterocycles. The van der Waals surface area contributed by atoms with Crippen molar-refractivity contribution < 1.29 is 9.53 Å². The van der Waals surface area contributed by atoms with Crippen LogP contribution in [0.3, 0.4) is 0 Å². The minimum Gasteiger partial charge on any atom is -0.465 e. The van der Waals surface area contributed by atoms with Gasteiger partial charge in [-0.15, -0.1) is 0 Å². The molecule has 4 nitrogen and oxygen atoms in total. The molecule has 130 valence electrons. The van der Waals surface area contributed by atoms with Gasteiger partial charge in [0.2, 0.25) is 0 Å². The maximum absolute atomic E-state index is 12.5. The Morgan fingerprint density at radius 1 is 1.42 bits per heavy atom. The van der Waals surface area contributed by atoms with E-state index < -0.39 is 11.3 Å². The Morgan fingerprint density at radius 3 is 2.67 bits per heavy atom. The van der Waals surface area contributed by atoms with Crippen LogP contribution in [-0.4, -0.2) is 37.1 Å². The van der Waals surface area contributed by atoms with E-state index in [1.807, 2.05) is 18.2 Å². The Kier molecular flexibility index (Phi) is 6.01. The molecule has 1 saturated heterocycles. The average molecular weight is 328 g/mol. The third-order valence-corrected chi connectivity index (χ3v) is 5.57. The molecule has 1 aromatic rings. The standard InChI is InChI=1S/C20H28N2O2/c1-5-24-19(23)18(13-21)20(12-17-9-7-6-8-10-17)11-16(3)22(4)14-15(20)2/h6-10,15-16,18H,5,11-12,14H2,1-4H3/t15-,16-,18-,20-/m0/s1. The van der Waals surface area contributed by atoms with Crippen LogP contribution in [-0.2, 0) is 16.0 Å². The van der Waals surface area contributed by atoms with Gasteiger partial charge in [0.1, 0.15) is 5.92 Å². The molecule has 0 aromatic heterocycles. The van der Waals surface area contributed by atoms with Crippen molar-refractivity contribution in [1.82, 2.24) is 4.90 Å². The minimum absolute atomic E-state index is 0.230. The smallest absolute Gasteiger partial charge is 0.323 e. The van der Waals surface area contributed by atoms with Gasteiger partial charge in [-0.25, -0.2) is 0 Å². The second-order valence-electron chi connectivity index (χ2n) is 7.10. The zero-order valence-corrected chi connectivity index (χ0v) is 15.2. The maximum atomic E-state index is 12.5. The zero-order chi connectivity index (χ0) is 17.7. The summed E-state index contributed by atoms with van der Waals surface area (Å²) in [5, 5.41) is 9.82. The van der Waals surface area contributed by atoms with Crippen molar-refractivity contribution in [3.8, 4) is 6.07 Å². The van der Waals surface area contributed by atoms with Crippen LogP contribution in [0.15, 0.2) is 30.3 Å². The fourth-order valence-electron chi connectivity index (χ4n) is 4.07. The van der Waals surface area contributed by atoms with E-state index in [9.17, 15) is 10.1 Å². The van der Waals surface area contributed by atoms with Crippen LogP contribution in [0.4, 0.5) is 0 Å². The van der Waals surface area contributed by atoms with Crippen LogP contribution in [0.1, 0.15) is 32.8 Å². The largest absolute Gasteiger partial charge is 0.465 e. The van der Waals surface area contributed by atoms with Crippen molar-refractivity contribution in [3.05, 3.63) is 35.9 Å². The number of piperidine rings is 1. The van der Waals surface area contributed by atoms with E-state index in [-0.39, 0.29) is 11.9 Å². The van der Waals surface area contributed by atoms with Crippen molar-refractivity contribution in [3.63, 3.8) is 0 Å². The van der Waals surface area contributed by atoms with E-state index >= 15 is 0 Å². The molecule has 0 saturated carbocycles. The van der Waals surface area contributed by atoms with Crippen molar-refractivity contribution in [2.75, 3.05) is 20.2 Å². The first-order chi connectivity index (χ1) is 11.4. The third kappa shape index (κ3) is 3.62. The number of benzene rings is 1. The lowest BCUT2D eigenvalue weighted by Crippen LogP contribution is -2.55. The summed E-state index contributed by atoms with van der Waals surface area (Å²) < 4.78 is 5.25. The summed E-state index contributed by atoms with van der Waals surface area (Å²) in [5.41, 5.74) is 0.777. The molecule has 0 radical (unpaired) electrons. The predicted octanol–water partition coefficient (Wildman–Crippen LogP) is 3.28. The molecule has 0 N–H and O–H groups in total. The Bertz CT molecular complexity index is 595. The molecule has 1 fully saturated rings. The van der Waals surface area contributed by atoms with Crippen LogP contribution < -0.4 is 0 Å². The minimum atomic E-state index is -0.733. The van der Waals surface area contributed by atoms with Gasteiger partial charge in [-0.3, -0.25) is 4.79 Å². The van der Waals surface area contributed by atoms with Gasteiger partial charge in [0.15, 0.2) is 0 Å². The number of nitriles is 1. The van der Waals surface area contributed by atoms with Gasteiger partial charge in [-0.1, -0.05) is 37.3 Å². The lowest BCUT2D eigenvalue weighted by atomic mass is 9.59. The van der Waals surface area contributed by atoms with Crippen LogP contribution in [0.2, 0.25) is 0 Å². The molecule has 0 spiro atoms.